The molecule has 3 aromatic heterocycles. The maximum atomic E-state index is 11.8. The molecule has 0 atom stereocenters. The van der Waals surface area contributed by atoms with Crippen molar-refractivity contribution >= 4 is 23.1 Å². The molecule has 0 saturated carbocycles. The van der Waals surface area contributed by atoms with Gasteiger partial charge in [-0.05, 0) is 23.6 Å². The quantitative estimate of drug-likeness (QED) is 0.750. The average Bonchev–Trinajstić information content (AvgIpc) is 3.18. The Morgan fingerprint density at radius 2 is 2.27 bits per heavy atom. The summed E-state index contributed by atoms with van der Waals surface area (Å²) in [4.78, 5) is 20.9. The van der Waals surface area contributed by atoms with Gasteiger partial charge < -0.3 is 14.9 Å². The number of amides is 1. The van der Waals surface area contributed by atoms with E-state index < -0.39 is 0 Å². The zero-order chi connectivity index (χ0) is 15.4. The van der Waals surface area contributed by atoms with Crippen LogP contribution < -0.4 is 5.32 Å². The number of nitrogens with one attached hydrogen (secondary N) is 1. The summed E-state index contributed by atoms with van der Waals surface area (Å²) < 4.78 is 5.11. The van der Waals surface area contributed by atoms with E-state index in [-0.39, 0.29) is 23.9 Å². The Labute approximate surface area is 129 Å². The van der Waals surface area contributed by atoms with Crippen molar-refractivity contribution in [2.45, 2.75) is 12.8 Å². The van der Waals surface area contributed by atoms with E-state index in [0.29, 0.717) is 18.1 Å². The lowest BCUT2D eigenvalue weighted by molar-refractivity contribution is -0.116. The predicted octanol–water partition coefficient (Wildman–Crippen LogP) is 2.47. The fourth-order valence-electron chi connectivity index (χ4n) is 1.77. The highest BCUT2D eigenvalue weighted by Crippen LogP contribution is 2.22. The summed E-state index contributed by atoms with van der Waals surface area (Å²) in [5.41, 5.74) is 0. The van der Waals surface area contributed by atoms with Gasteiger partial charge in [0.05, 0.1) is 4.88 Å². The second-order valence-corrected chi connectivity index (χ2v) is 5.36. The molecular weight excluding hydrogens is 304 g/mol. The van der Waals surface area contributed by atoms with Crippen molar-refractivity contribution in [2.24, 2.45) is 0 Å². The van der Waals surface area contributed by atoms with Gasteiger partial charge in [0, 0.05) is 19.0 Å². The van der Waals surface area contributed by atoms with Crippen LogP contribution in [0.2, 0.25) is 0 Å². The van der Waals surface area contributed by atoms with Gasteiger partial charge in [-0.1, -0.05) is 11.2 Å². The third kappa shape index (κ3) is 3.29. The number of aromatic nitrogens is 3. The zero-order valence-electron chi connectivity index (χ0n) is 11.4. The van der Waals surface area contributed by atoms with Gasteiger partial charge in [0.25, 0.3) is 0 Å². The third-order valence-corrected chi connectivity index (χ3v) is 3.69. The minimum atomic E-state index is -0.287. The van der Waals surface area contributed by atoms with Gasteiger partial charge in [0.15, 0.2) is 11.6 Å². The van der Waals surface area contributed by atoms with E-state index in [9.17, 15) is 9.90 Å². The molecular formula is C14H12N4O3S. The number of nitrogens with zero attached hydrogens (tertiary/aromatic N) is 3. The van der Waals surface area contributed by atoms with Crippen LogP contribution in [0.4, 0.5) is 5.82 Å². The highest BCUT2D eigenvalue weighted by Gasteiger charge is 2.12. The van der Waals surface area contributed by atoms with E-state index in [0.717, 1.165) is 4.88 Å². The van der Waals surface area contributed by atoms with Crippen molar-refractivity contribution < 1.29 is 14.4 Å². The standard InChI is InChI=1S/C14H12N4O3S/c19-9-3-1-7-15-13(9)16-11(20)5-6-12-17-14(18-21-12)10-4-2-8-22-10/h1-4,7-8,19H,5-6H2,(H,15,16,20). The number of carbonyl (C=O) groups is 1. The Balaban J connectivity index is 1.56. The first-order chi connectivity index (χ1) is 10.7. The van der Waals surface area contributed by atoms with Crippen molar-refractivity contribution in [1.82, 2.24) is 15.1 Å². The molecule has 3 heterocycles. The van der Waals surface area contributed by atoms with Crippen LogP contribution in [-0.4, -0.2) is 26.1 Å². The Kier molecular flexibility index (Phi) is 4.10. The van der Waals surface area contributed by atoms with Gasteiger partial charge in [-0.3, -0.25) is 4.79 Å². The largest absolute Gasteiger partial charge is 0.504 e. The molecule has 0 aliphatic rings. The molecule has 0 bridgehead atoms. The fraction of sp³-hybridized carbons (Fsp3) is 0.143. The topological polar surface area (TPSA) is 101 Å². The minimum absolute atomic E-state index is 0.0754. The highest BCUT2D eigenvalue weighted by atomic mass is 32.1. The van der Waals surface area contributed by atoms with E-state index >= 15 is 0 Å². The smallest absolute Gasteiger partial charge is 0.227 e. The molecule has 0 saturated heterocycles. The van der Waals surface area contributed by atoms with E-state index in [1.54, 1.807) is 6.07 Å². The summed E-state index contributed by atoms with van der Waals surface area (Å²) >= 11 is 1.52. The molecule has 0 radical (unpaired) electrons. The molecule has 7 nitrogen and oxygen atoms in total. The molecule has 0 aromatic carbocycles. The maximum absolute atomic E-state index is 11.8. The van der Waals surface area contributed by atoms with Crippen molar-refractivity contribution in [3.63, 3.8) is 0 Å². The first kappa shape index (κ1) is 14.2. The lowest BCUT2D eigenvalue weighted by Gasteiger charge is -2.04. The molecule has 3 aromatic rings. The van der Waals surface area contributed by atoms with Gasteiger partial charge in [-0.2, -0.15) is 4.98 Å². The Morgan fingerprint density at radius 3 is 3.05 bits per heavy atom. The average molecular weight is 316 g/mol. The number of pyridine rings is 1. The number of thiophene rings is 1. The van der Waals surface area contributed by atoms with Crippen molar-refractivity contribution in [3.05, 3.63) is 41.7 Å². The lowest BCUT2D eigenvalue weighted by Crippen LogP contribution is -2.13. The summed E-state index contributed by atoms with van der Waals surface area (Å²) in [6.45, 7) is 0. The minimum Gasteiger partial charge on any atom is -0.504 e. The predicted molar refractivity (Wildman–Crippen MR) is 80.5 cm³/mol. The molecule has 0 fully saturated rings. The highest BCUT2D eigenvalue weighted by molar-refractivity contribution is 7.13. The van der Waals surface area contributed by atoms with E-state index in [1.165, 1.54) is 23.6 Å². The van der Waals surface area contributed by atoms with E-state index in [1.807, 2.05) is 17.5 Å². The second-order valence-electron chi connectivity index (χ2n) is 4.41. The van der Waals surface area contributed by atoms with Crippen molar-refractivity contribution in [3.8, 4) is 16.5 Å². The molecule has 22 heavy (non-hydrogen) atoms. The van der Waals surface area contributed by atoms with Crippen LogP contribution >= 0.6 is 11.3 Å². The summed E-state index contributed by atoms with van der Waals surface area (Å²) in [6, 6.07) is 6.84. The summed E-state index contributed by atoms with van der Waals surface area (Å²) in [6.07, 6.45) is 1.96. The number of rotatable bonds is 5. The van der Waals surface area contributed by atoms with Gasteiger partial charge in [-0.25, -0.2) is 4.98 Å². The molecule has 0 aliphatic heterocycles. The molecule has 2 N–H and O–H groups in total. The van der Waals surface area contributed by atoms with Crippen LogP contribution in [0.1, 0.15) is 12.3 Å². The monoisotopic (exact) mass is 316 g/mol. The molecule has 0 unspecified atom stereocenters. The van der Waals surface area contributed by atoms with Crippen LogP contribution in [0.15, 0.2) is 40.4 Å². The van der Waals surface area contributed by atoms with E-state index in [4.69, 9.17) is 4.52 Å². The van der Waals surface area contributed by atoms with Crippen molar-refractivity contribution in [1.29, 1.82) is 0 Å². The van der Waals surface area contributed by atoms with E-state index in [2.05, 4.69) is 20.4 Å². The number of anilines is 1. The molecule has 0 spiro atoms. The zero-order valence-corrected chi connectivity index (χ0v) is 12.2. The molecule has 0 aliphatic carbocycles. The summed E-state index contributed by atoms with van der Waals surface area (Å²) in [7, 11) is 0. The number of hydrogen-bond acceptors (Lipinski definition) is 7. The van der Waals surface area contributed by atoms with Crippen LogP contribution in [0, 0.1) is 0 Å². The number of carbonyl (C=O) groups excluding carboxylic acids is 1. The van der Waals surface area contributed by atoms with Gasteiger partial charge in [0.1, 0.15) is 0 Å². The fourth-order valence-corrected chi connectivity index (χ4v) is 2.42. The first-order valence-electron chi connectivity index (χ1n) is 6.52. The normalized spacial score (nSPS) is 10.5. The second kappa shape index (κ2) is 6.35. The number of hydrogen-bond donors (Lipinski definition) is 2. The Bertz CT molecular complexity index is 770. The summed E-state index contributed by atoms with van der Waals surface area (Å²) in [5, 5.41) is 17.9. The lowest BCUT2D eigenvalue weighted by atomic mass is 10.3. The maximum Gasteiger partial charge on any atom is 0.227 e. The van der Waals surface area contributed by atoms with Gasteiger partial charge >= 0.3 is 0 Å². The van der Waals surface area contributed by atoms with Crippen LogP contribution in [0.5, 0.6) is 5.75 Å². The van der Waals surface area contributed by atoms with Crippen LogP contribution in [-0.2, 0) is 11.2 Å². The van der Waals surface area contributed by atoms with Crippen LogP contribution in [0.25, 0.3) is 10.7 Å². The van der Waals surface area contributed by atoms with Gasteiger partial charge in [0.2, 0.25) is 17.6 Å². The third-order valence-electron chi connectivity index (χ3n) is 2.82. The SMILES string of the molecule is O=C(CCc1nc(-c2cccs2)no1)Nc1ncccc1O. The molecule has 3 rings (SSSR count). The van der Waals surface area contributed by atoms with Gasteiger partial charge in [-0.15, -0.1) is 11.3 Å². The Morgan fingerprint density at radius 1 is 1.36 bits per heavy atom. The Hall–Kier alpha value is -2.74. The summed E-state index contributed by atoms with van der Waals surface area (Å²) in [5.74, 6) is 0.687. The first-order valence-corrected chi connectivity index (χ1v) is 7.40. The van der Waals surface area contributed by atoms with Crippen molar-refractivity contribution in [2.75, 3.05) is 5.32 Å². The number of aryl methyl sites for hydroxylation is 1. The molecule has 8 heteroatoms. The number of aromatic hydroxyl groups is 1. The molecule has 112 valence electrons. The van der Waals surface area contributed by atoms with Crippen LogP contribution in [0.3, 0.4) is 0 Å². The molecule has 1 amide bonds.